The molecule has 0 bridgehead atoms. The topological polar surface area (TPSA) is 60.9 Å². The van der Waals surface area contributed by atoms with Crippen molar-refractivity contribution in [3.8, 4) is 0 Å². The van der Waals surface area contributed by atoms with Crippen molar-refractivity contribution in [2.24, 2.45) is 0 Å². The molecule has 1 atom stereocenters. The van der Waals surface area contributed by atoms with Gasteiger partial charge in [0.25, 0.3) is 11.7 Å². The zero-order chi connectivity index (χ0) is 21.1. The van der Waals surface area contributed by atoms with Gasteiger partial charge in [-0.2, -0.15) is 0 Å². The molecule has 0 aliphatic carbocycles. The summed E-state index contributed by atoms with van der Waals surface area (Å²) < 4.78 is 0. The molecule has 6 heteroatoms. The molecule has 1 saturated heterocycles. The minimum atomic E-state index is -0.657. The Kier molecular flexibility index (Phi) is 6.28. The summed E-state index contributed by atoms with van der Waals surface area (Å²) in [6, 6.07) is 13.6. The van der Waals surface area contributed by atoms with E-state index >= 15 is 0 Å². The molecule has 0 unspecified atom stereocenters. The van der Waals surface area contributed by atoms with Crippen LogP contribution < -0.4 is 4.90 Å². The molecule has 1 heterocycles. The predicted molar refractivity (Wildman–Crippen MR) is 116 cm³/mol. The highest BCUT2D eigenvalue weighted by Gasteiger charge is 2.45. The van der Waals surface area contributed by atoms with Crippen molar-refractivity contribution in [2.75, 3.05) is 25.5 Å². The number of ketones is 1. The second-order valence-electron chi connectivity index (χ2n) is 7.34. The second-order valence-corrected chi connectivity index (χ2v) is 7.78. The number of aliphatic hydroxyl groups excluding tert-OH is 1. The van der Waals surface area contributed by atoms with Crippen LogP contribution in [0.5, 0.6) is 0 Å². The lowest BCUT2D eigenvalue weighted by atomic mass is 9.95. The minimum absolute atomic E-state index is 0.117. The fraction of sp³-hybridized carbons (Fsp3) is 0.304. The van der Waals surface area contributed by atoms with Crippen LogP contribution in [0.4, 0.5) is 5.69 Å². The number of aliphatic hydroxyl groups is 1. The van der Waals surface area contributed by atoms with Crippen LogP contribution in [0, 0.1) is 0 Å². The molecule has 1 fully saturated rings. The third kappa shape index (κ3) is 4.15. The van der Waals surface area contributed by atoms with Crippen molar-refractivity contribution in [3.05, 3.63) is 70.3 Å². The Morgan fingerprint density at radius 3 is 2.24 bits per heavy atom. The zero-order valence-electron chi connectivity index (χ0n) is 16.9. The minimum Gasteiger partial charge on any atom is -0.507 e. The lowest BCUT2D eigenvalue weighted by molar-refractivity contribution is -0.139. The highest BCUT2D eigenvalue weighted by molar-refractivity contribution is 6.46. The Balaban J connectivity index is 2.13. The molecule has 0 saturated carbocycles. The molecule has 2 aromatic carbocycles. The molecular weight excluding hydrogens is 388 g/mol. The van der Waals surface area contributed by atoms with E-state index in [-0.39, 0.29) is 11.3 Å². The van der Waals surface area contributed by atoms with Gasteiger partial charge in [-0.05, 0) is 48.4 Å². The molecule has 0 radical (unpaired) electrons. The van der Waals surface area contributed by atoms with Gasteiger partial charge in [0.1, 0.15) is 5.76 Å². The van der Waals surface area contributed by atoms with E-state index < -0.39 is 17.7 Å². The van der Waals surface area contributed by atoms with Gasteiger partial charge in [0.05, 0.1) is 11.6 Å². The van der Waals surface area contributed by atoms with Gasteiger partial charge in [0.15, 0.2) is 0 Å². The first-order valence-electron chi connectivity index (χ1n) is 9.66. The van der Waals surface area contributed by atoms with E-state index in [0.29, 0.717) is 17.1 Å². The number of likely N-dealkylation sites (tertiary alicyclic amines) is 1. The standard InChI is InChI=1S/C23H25ClN2O3/c1-4-5-14-26-20(15-8-12-18(13-9-15)25(2)3)19(22(28)23(26)29)21(27)16-6-10-17(24)11-7-16/h6-13,20,27H,4-5,14H2,1-3H3/t20-/m1/s1. The van der Waals surface area contributed by atoms with Crippen LogP contribution in [0.3, 0.4) is 0 Å². The van der Waals surface area contributed by atoms with Crippen LogP contribution in [0.25, 0.3) is 5.76 Å². The maximum Gasteiger partial charge on any atom is 0.295 e. The van der Waals surface area contributed by atoms with Crippen molar-refractivity contribution < 1.29 is 14.7 Å². The average Bonchev–Trinajstić information content (AvgIpc) is 2.97. The number of carbonyl (C=O) groups excluding carboxylic acids is 2. The first-order chi connectivity index (χ1) is 13.8. The van der Waals surface area contributed by atoms with Gasteiger partial charge >= 0.3 is 0 Å². The van der Waals surface area contributed by atoms with Crippen molar-refractivity contribution in [1.82, 2.24) is 4.90 Å². The fourth-order valence-electron chi connectivity index (χ4n) is 3.50. The van der Waals surface area contributed by atoms with E-state index in [1.165, 1.54) is 0 Å². The van der Waals surface area contributed by atoms with Crippen LogP contribution in [0.2, 0.25) is 5.02 Å². The van der Waals surface area contributed by atoms with Gasteiger partial charge in [-0.15, -0.1) is 0 Å². The number of rotatable bonds is 6. The molecule has 1 amide bonds. The molecule has 1 aliphatic heterocycles. The van der Waals surface area contributed by atoms with Crippen molar-refractivity contribution in [2.45, 2.75) is 25.8 Å². The van der Waals surface area contributed by atoms with E-state index in [4.69, 9.17) is 11.6 Å². The molecule has 2 aromatic rings. The monoisotopic (exact) mass is 412 g/mol. The molecule has 0 aromatic heterocycles. The van der Waals surface area contributed by atoms with E-state index in [1.54, 1.807) is 29.2 Å². The highest BCUT2D eigenvalue weighted by Crippen LogP contribution is 2.40. The summed E-state index contributed by atoms with van der Waals surface area (Å²) in [7, 11) is 3.89. The maximum atomic E-state index is 12.9. The Morgan fingerprint density at radius 1 is 1.07 bits per heavy atom. The van der Waals surface area contributed by atoms with Gasteiger partial charge in [-0.3, -0.25) is 9.59 Å². The number of hydrogen-bond donors (Lipinski definition) is 1. The molecule has 0 spiro atoms. The number of halogens is 1. The SMILES string of the molecule is CCCCN1C(=O)C(=O)C(=C(O)c2ccc(Cl)cc2)[C@H]1c1ccc(N(C)C)cc1. The van der Waals surface area contributed by atoms with Crippen molar-refractivity contribution in [3.63, 3.8) is 0 Å². The Bertz CT molecular complexity index is 934. The zero-order valence-corrected chi connectivity index (χ0v) is 17.6. The number of carbonyl (C=O) groups is 2. The molecule has 1 N–H and O–H groups in total. The largest absolute Gasteiger partial charge is 0.507 e. The number of benzene rings is 2. The van der Waals surface area contributed by atoms with E-state index in [0.717, 1.165) is 24.1 Å². The predicted octanol–water partition coefficient (Wildman–Crippen LogP) is 4.63. The summed E-state index contributed by atoms with van der Waals surface area (Å²) in [6.07, 6.45) is 1.67. The van der Waals surface area contributed by atoms with Gasteiger partial charge in [-0.25, -0.2) is 0 Å². The van der Waals surface area contributed by atoms with E-state index in [2.05, 4.69) is 0 Å². The lowest BCUT2D eigenvalue weighted by Crippen LogP contribution is -2.30. The first-order valence-corrected chi connectivity index (χ1v) is 10.0. The van der Waals surface area contributed by atoms with Crippen LogP contribution in [-0.2, 0) is 9.59 Å². The summed E-state index contributed by atoms with van der Waals surface area (Å²) in [4.78, 5) is 29.2. The smallest absolute Gasteiger partial charge is 0.295 e. The fourth-order valence-corrected chi connectivity index (χ4v) is 3.63. The summed E-state index contributed by atoms with van der Waals surface area (Å²) >= 11 is 5.94. The molecule has 1 aliphatic rings. The summed E-state index contributed by atoms with van der Waals surface area (Å²) in [5.74, 6) is -1.41. The number of anilines is 1. The third-order valence-electron chi connectivity index (χ3n) is 5.14. The van der Waals surface area contributed by atoms with E-state index in [9.17, 15) is 14.7 Å². The number of nitrogens with zero attached hydrogens (tertiary/aromatic N) is 2. The Labute approximate surface area is 176 Å². The molecular formula is C23H25ClN2O3. The van der Waals surface area contributed by atoms with Gasteiger partial charge in [0.2, 0.25) is 0 Å². The van der Waals surface area contributed by atoms with Crippen LogP contribution >= 0.6 is 11.6 Å². The van der Waals surface area contributed by atoms with Crippen molar-refractivity contribution >= 4 is 34.7 Å². The molecule has 152 valence electrons. The normalized spacial score (nSPS) is 18.3. The van der Waals surface area contributed by atoms with Gasteiger partial charge in [-0.1, -0.05) is 37.1 Å². The van der Waals surface area contributed by atoms with Crippen LogP contribution in [0.15, 0.2) is 54.1 Å². The summed E-state index contributed by atoms with van der Waals surface area (Å²) in [6.45, 7) is 2.49. The molecule has 29 heavy (non-hydrogen) atoms. The van der Waals surface area contributed by atoms with Crippen molar-refractivity contribution in [1.29, 1.82) is 0 Å². The number of hydrogen-bond acceptors (Lipinski definition) is 4. The van der Waals surface area contributed by atoms with Crippen LogP contribution in [-0.4, -0.2) is 42.3 Å². The van der Waals surface area contributed by atoms with Crippen LogP contribution in [0.1, 0.15) is 36.9 Å². The van der Waals surface area contributed by atoms with Gasteiger partial charge in [0, 0.05) is 36.9 Å². The summed E-state index contributed by atoms with van der Waals surface area (Å²) in [5.41, 5.74) is 2.38. The highest BCUT2D eigenvalue weighted by atomic mass is 35.5. The average molecular weight is 413 g/mol. The summed E-state index contributed by atoms with van der Waals surface area (Å²) in [5, 5.41) is 11.5. The van der Waals surface area contributed by atoms with Gasteiger partial charge < -0.3 is 14.9 Å². The maximum absolute atomic E-state index is 12.9. The Morgan fingerprint density at radius 2 is 1.69 bits per heavy atom. The lowest BCUT2D eigenvalue weighted by Gasteiger charge is -2.25. The Hall–Kier alpha value is -2.79. The second kappa shape index (κ2) is 8.70. The quantitative estimate of drug-likeness (QED) is 0.427. The first kappa shape index (κ1) is 20.9. The van der Waals surface area contributed by atoms with E-state index in [1.807, 2.05) is 50.2 Å². The third-order valence-corrected chi connectivity index (χ3v) is 5.39. The molecule has 5 nitrogen and oxygen atoms in total. The number of Topliss-reactive ketones (excluding diaryl/α,β-unsaturated/α-hetero) is 1. The number of unbranched alkanes of at least 4 members (excludes halogenated alkanes) is 1. The molecule has 3 rings (SSSR count). The number of amides is 1.